The van der Waals surface area contributed by atoms with Gasteiger partial charge in [-0.25, -0.2) is 8.42 Å². The van der Waals surface area contributed by atoms with E-state index in [0.29, 0.717) is 29.2 Å². The molecule has 5 rings (SSSR count). The van der Waals surface area contributed by atoms with Crippen LogP contribution in [-0.2, 0) is 16.4 Å². The predicted octanol–water partition coefficient (Wildman–Crippen LogP) is 1.80. The first-order valence-corrected chi connectivity index (χ1v) is 11.0. The van der Waals surface area contributed by atoms with Gasteiger partial charge in [0.25, 0.3) is 5.16 Å². The summed E-state index contributed by atoms with van der Waals surface area (Å²) in [7, 11) is -3.57. The molecule has 0 atom stereocenters. The summed E-state index contributed by atoms with van der Waals surface area (Å²) in [6, 6.07) is 9.66. The second-order valence-corrected chi connectivity index (χ2v) is 8.96. The zero-order valence-corrected chi connectivity index (χ0v) is 16.4. The van der Waals surface area contributed by atoms with Crippen LogP contribution in [0.25, 0.3) is 17.0 Å². The van der Waals surface area contributed by atoms with E-state index >= 15 is 0 Å². The maximum absolute atomic E-state index is 12.1. The Labute approximate surface area is 166 Å². The van der Waals surface area contributed by atoms with Gasteiger partial charge in [0.05, 0.1) is 12.7 Å². The minimum Gasteiger partial charge on any atom is -0.347 e. The zero-order valence-electron chi connectivity index (χ0n) is 15.6. The van der Waals surface area contributed by atoms with Crippen molar-refractivity contribution in [3.8, 4) is 11.4 Å². The third kappa shape index (κ3) is 3.44. The minimum absolute atomic E-state index is 0.225. The summed E-state index contributed by atoms with van der Waals surface area (Å²) in [5.74, 6) is 1.92. The van der Waals surface area contributed by atoms with E-state index in [9.17, 15) is 8.42 Å². The molecular weight excluding hydrogens is 392 g/mol. The van der Waals surface area contributed by atoms with Crippen LogP contribution in [0, 0.1) is 0 Å². The van der Waals surface area contributed by atoms with Crippen LogP contribution in [0.1, 0.15) is 30.1 Å². The van der Waals surface area contributed by atoms with Crippen LogP contribution < -0.4 is 5.32 Å². The van der Waals surface area contributed by atoms with Gasteiger partial charge in [0.1, 0.15) is 5.82 Å². The van der Waals surface area contributed by atoms with E-state index in [4.69, 9.17) is 0 Å². The smallest absolute Gasteiger partial charge is 0.252 e. The second kappa shape index (κ2) is 6.62. The molecule has 0 aliphatic heterocycles. The van der Waals surface area contributed by atoms with Gasteiger partial charge in [0, 0.05) is 17.4 Å². The number of nitrogens with zero attached hydrogens (tertiary/aromatic N) is 6. The van der Waals surface area contributed by atoms with Gasteiger partial charge in [-0.3, -0.25) is 0 Å². The van der Waals surface area contributed by atoms with E-state index < -0.39 is 9.84 Å². The van der Waals surface area contributed by atoms with Crippen LogP contribution in [0.2, 0.25) is 0 Å². The molecule has 1 aliphatic carbocycles. The summed E-state index contributed by atoms with van der Waals surface area (Å²) in [5, 5.41) is 15.5. The SMILES string of the molecule is CS(=O)(=O)c1nc(NCc2nnc(-c3ccccc3)[nH]2)n2ncc(C3CC3)c2n1. The van der Waals surface area contributed by atoms with Crippen molar-refractivity contribution in [1.29, 1.82) is 0 Å². The summed E-state index contributed by atoms with van der Waals surface area (Å²) in [5.41, 5.74) is 2.40. The highest BCUT2D eigenvalue weighted by atomic mass is 32.2. The van der Waals surface area contributed by atoms with Crippen LogP contribution in [0.3, 0.4) is 0 Å². The standard InChI is InChI=1S/C18H18N8O2S/c1-29(27,28)18-22-16-13(11-7-8-11)9-20-26(16)17(23-18)19-10-14-21-15(25-24-14)12-5-3-2-4-6-12/h2-6,9,11H,7-8,10H2,1H3,(H,19,22,23)(H,21,24,25). The first-order chi connectivity index (χ1) is 14.0. The number of hydrogen-bond acceptors (Lipinski definition) is 8. The third-order valence-electron chi connectivity index (χ3n) is 4.72. The molecule has 3 aromatic heterocycles. The highest BCUT2D eigenvalue weighted by molar-refractivity contribution is 7.90. The van der Waals surface area contributed by atoms with Gasteiger partial charge in [0.2, 0.25) is 15.8 Å². The maximum atomic E-state index is 12.1. The quantitative estimate of drug-likeness (QED) is 0.492. The molecule has 11 heteroatoms. The number of nitrogens with one attached hydrogen (secondary N) is 2. The highest BCUT2D eigenvalue weighted by Crippen LogP contribution is 2.41. The number of rotatable bonds is 6. The average molecular weight is 410 g/mol. The molecule has 1 fully saturated rings. The van der Waals surface area contributed by atoms with Crippen molar-refractivity contribution < 1.29 is 8.42 Å². The molecule has 1 saturated carbocycles. The predicted molar refractivity (Wildman–Crippen MR) is 105 cm³/mol. The molecule has 1 aliphatic rings. The molecule has 4 aromatic rings. The lowest BCUT2D eigenvalue weighted by molar-refractivity contribution is 0.592. The Balaban J connectivity index is 1.46. The first kappa shape index (κ1) is 17.7. The van der Waals surface area contributed by atoms with Gasteiger partial charge in [0.15, 0.2) is 11.5 Å². The Kier molecular flexibility index (Phi) is 4.05. The fourth-order valence-electron chi connectivity index (χ4n) is 3.10. The normalized spacial score (nSPS) is 14.4. The first-order valence-electron chi connectivity index (χ1n) is 9.15. The number of anilines is 1. The molecule has 0 unspecified atom stereocenters. The average Bonchev–Trinajstić information content (AvgIpc) is 3.28. The van der Waals surface area contributed by atoms with E-state index in [1.54, 1.807) is 6.20 Å². The molecule has 10 nitrogen and oxygen atoms in total. The molecule has 148 valence electrons. The van der Waals surface area contributed by atoms with Crippen LogP contribution in [-0.4, -0.2) is 49.4 Å². The highest BCUT2D eigenvalue weighted by Gasteiger charge is 2.29. The fraction of sp³-hybridized carbons (Fsp3) is 0.278. The van der Waals surface area contributed by atoms with Crippen LogP contribution in [0.4, 0.5) is 5.95 Å². The summed E-state index contributed by atoms with van der Waals surface area (Å²) in [6.07, 6.45) is 4.95. The van der Waals surface area contributed by atoms with E-state index in [1.165, 1.54) is 4.52 Å². The van der Waals surface area contributed by atoms with Crippen molar-refractivity contribution in [1.82, 2.24) is 34.8 Å². The number of H-pyrrole nitrogens is 1. The van der Waals surface area contributed by atoms with Crippen molar-refractivity contribution in [2.45, 2.75) is 30.5 Å². The molecule has 0 amide bonds. The van der Waals surface area contributed by atoms with Crippen molar-refractivity contribution in [2.75, 3.05) is 11.6 Å². The van der Waals surface area contributed by atoms with Gasteiger partial charge in [-0.2, -0.15) is 19.6 Å². The van der Waals surface area contributed by atoms with Crippen molar-refractivity contribution >= 4 is 21.4 Å². The van der Waals surface area contributed by atoms with Gasteiger partial charge in [-0.15, -0.1) is 10.2 Å². The number of aromatic nitrogens is 7. The Morgan fingerprint density at radius 1 is 1.17 bits per heavy atom. The topological polar surface area (TPSA) is 131 Å². The van der Waals surface area contributed by atoms with Crippen molar-refractivity contribution in [3.05, 3.63) is 47.9 Å². The maximum Gasteiger partial charge on any atom is 0.252 e. The van der Waals surface area contributed by atoms with Gasteiger partial charge in [-0.1, -0.05) is 30.3 Å². The Morgan fingerprint density at radius 3 is 2.69 bits per heavy atom. The minimum atomic E-state index is -3.57. The fourth-order valence-corrected chi connectivity index (χ4v) is 3.61. The molecule has 0 bridgehead atoms. The monoisotopic (exact) mass is 410 g/mol. The lowest BCUT2D eigenvalue weighted by atomic mass is 10.2. The molecule has 0 spiro atoms. The number of aromatic amines is 1. The molecule has 0 radical (unpaired) electrons. The van der Waals surface area contributed by atoms with Crippen LogP contribution in [0.5, 0.6) is 0 Å². The molecule has 29 heavy (non-hydrogen) atoms. The number of benzene rings is 1. The van der Waals surface area contributed by atoms with Crippen LogP contribution in [0.15, 0.2) is 41.7 Å². The molecular formula is C18H18N8O2S. The van der Waals surface area contributed by atoms with E-state index in [1.807, 2.05) is 30.3 Å². The van der Waals surface area contributed by atoms with E-state index in [-0.39, 0.29) is 11.7 Å². The third-order valence-corrected chi connectivity index (χ3v) is 5.56. The van der Waals surface area contributed by atoms with Gasteiger partial charge < -0.3 is 10.3 Å². The molecule has 2 N–H and O–H groups in total. The Morgan fingerprint density at radius 2 is 1.97 bits per heavy atom. The second-order valence-electron chi connectivity index (χ2n) is 7.05. The molecule has 0 saturated heterocycles. The van der Waals surface area contributed by atoms with E-state index in [0.717, 1.165) is 30.2 Å². The lowest BCUT2D eigenvalue weighted by Crippen LogP contribution is -2.14. The summed E-state index contributed by atoms with van der Waals surface area (Å²) in [6.45, 7) is 0.272. The molecule has 3 heterocycles. The lowest BCUT2D eigenvalue weighted by Gasteiger charge is -2.08. The summed E-state index contributed by atoms with van der Waals surface area (Å²) >= 11 is 0. The van der Waals surface area contributed by atoms with Crippen molar-refractivity contribution in [3.63, 3.8) is 0 Å². The summed E-state index contributed by atoms with van der Waals surface area (Å²) < 4.78 is 25.7. The van der Waals surface area contributed by atoms with Gasteiger partial charge in [-0.05, 0) is 18.8 Å². The van der Waals surface area contributed by atoms with Crippen molar-refractivity contribution in [2.24, 2.45) is 0 Å². The Bertz CT molecular complexity index is 1290. The Hall–Kier alpha value is -3.34. The van der Waals surface area contributed by atoms with Crippen LogP contribution >= 0.6 is 0 Å². The largest absolute Gasteiger partial charge is 0.347 e. The van der Waals surface area contributed by atoms with Gasteiger partial charge >= 0.3 is 0 Å². The van der Waals surface area contributed by atoms with E-state index in [2.05, 4.69) is 35.6 Å². The molecule has 1 aromatic carbocycles. The number of sulfone groups is 1. The number of fused-ring (bicyclic) bond motifs is 1. The summed E-state index contributed by atoms with van der Waals surface area (Å²) in [4.78, 5) is 11.6. The number of hydrogen-bond donors (Lipinski definition) is 2. The zero-order chi connectivity index (χ0) is 20.0.